The number of anilines is 1. The molecule has 1 aliphatic carbocycles. The second-order valence-electron chi connectivity index (χ2n) is 5.48. The maximum atomic E-state index is 12.8. The van der Waals surface area contributed by atoms with E-state index in [1.165, 1.54) is 5.56 Å². The summed E-state index contributed by atoms with van der Waals surface area (Å²) < 4.78 is 38.3. The molecule has 2 aromatic rings. The monoisotopic (exact) mass is 339 g/mol. The van der Waals surface area contributed by atoms with E-state index < -0.39 is 17.6 Å². The van der Waals surface area contributed by atoms with Crippen molar-refractivity contribution in [2.75, 3.05) is 5.32 Å². The molecule has 0 unspecified atom stereocenters. The lowest BCUT2D eigenvalue weighted by Gasteiger charge is -2.12. The fraction of sp³-hybridized carbons (Fsp3) is 0.235. The topological polar surface area (TPSA) is 29.1 Å². The number of amides is 1. The van der Waals surface area contributed by atoms with Crippen molar-refractivity contribution in [3.8, 4) is 0 Å². The van der Waals surface area contributed by atoms with E-state index in [9.17, 15) is 18.0 Å². The van der Waals surface area contributed by atoms with Gasteiger partial charge in [-0.3, -0.25) is 4.79 Å². The van der Waals surface area contributed by atoms with Gasteiger partial charge in [-0.15, -0.1) is 0 Å². The number of alkyl halides is 3. The Morgan fingerprint density at radius 2 is 1.78 bits per heavy atom. The number of halogens is 4. The largest absolute Gasteiger partial charge is 0.416 e. The number of hydrogen-bond donors (Lipinski definition) is 1. The minimum absolute atomic E-state index is 0.0491. The first kappa shape index (κ1) is 15.9. The van der Waals surface area contributed by atoms with Gasteiger partial charge in [-0.2, -0.15) is 13.2 Å². The Labute approximate surface area is 136 Å². The Morgan fingerprint density at radius 3 is 2.52 bits per heavy atom. The molecule has 23 heavy (non-hydrogen) atoms. The van der Waals surface area contributed by atoms with E-state index in [4.69, 9.17) is 11.6 Å². The van der Waals surface area contributed by atoms with Gasteiger partial charge in [-0.05, 0) is 60.7 Å². The first-order chi connectivity index (χ1) is 10.8. The lowest BCUT2D eigenvalue weighted by Crippen LogP contribution is -2.14. The van der Waals surface area contributed by atoms with Crippen LogP contribution in [0, 0.1) is 0 Å². The van der Waals surface area contributed by atoms with Crippen LogP contribution >= 0.6 is 11.6 Å². The van der Waals surface area contributed by atoms with Crippen LogP contribution in [0.4, 0.5) is 18.9 Å². The summed E-state index contributed by atoms with van der Waals surface area (Å²) in [5, 5.41) is 2.52. The highest BCUT2D eigenvalue weighted by molar-refractivity contribution is 6.34. The van der Waals surface area contributed by atoms with Crippen molar-refractivity contribution in [1.82, 2.24) is 0 Å². The molecule has 2 nitrogen and oxygen atoms in total. The molecule has 2 aromatic carbocycles. The van der Waals surface area contributed by atoms with Crippen LogP contribution in [0.1, 0.15) is 33.5 Å². The molecule has 6 heteroatoms. The van der Waals surface area contributed by atoms with Crippen LogP contribution in [-0.4, -0.2) is 5.91 Å². The second kappa shape index (κ2) is 5.89. The summed E-state index contributed by atoms with van der Waals surface area (Å²) in [5.41, 5.74) is 1.85. The number of fused-ring (bicyclic) bond motifs is 1. The molecule has 0 radical (unpaired) electrons. The molecule has 0 heterocycles. The van der Waals surface area contributed by atoms with Crippen LogP contribution in [-0.2, 0) is 19.0 Å². The normalized spacial score (nSPS) is 13.7. The summed E-state index contributed by atoms with van der Waals surface area (Å²) in [7, 11) is 0. The van der Waals surface area contributed by atoms with Gasteiger partial charge in [0.15, 0.2) is 0 Å². The van der Waals surface area contributed by atoms with Crippen molar-refractivity contribution in [3.63, 3.8) is 0 Å². The summed E-state index contributed by atoms with van der Waals surface area (Å²) in [6, 6.07) is 8.22. The lowest BCUT2D eigenvalue weighted by molar-refractivity contribution is -0.137. The van der Waals surface area contributed by atoms with Crippen molar-refractivity contribution in [1.29, 1.82) is 0 Å². The van der Waals surface area contributed by atoms with Crippen molar-refractivity contribution in [3.05, 3.63) is 63.7 Å². The highest BCUT2D eigenvalue weighted by Crippen LogP contribution is 2.34. The molecule has 1 amide bonds. The maximum Gasteiger partial charge on any atom is 0.416 e. The Hall–Kier alpha value is -2.01. The number of aryl methyl sites for hydroxylation is 2. The van der Waals surface area contributed by atoms with Gasteiger partial charge < -0.3 is 5.32 Å². The Balaban J connectivity index is 1.85. The third kappa shape index (κ3) is 3.34. The van der Waals surface area contributed by atoms with Crippen LogP contribution < -0.4 is 5.32 Å². The summed E-state index contributed by atoms with van der Waals surface area (Å²) in [5.74, 6) is -0.471. The smallest absolute Gasteiger partial charge is 0.321 e. The van der Waals surface area contributed by atoms with E-state index in [1.807, 2.05) is 6.07 Å². The highest BCUT2D eigenvalue weighted by atomic mass is 35.5. The Bertz CT molecular complexity index is 771. The molecule has 0 saturated carbocycles. The van der Waals surface area contributed by atoms with E-state index in [0.717, 1.165) is 43.0 Å². The number of benzene rings is 2. The molecule has 0 fully saturated rings. The molecule has 1 aliphatic rings. The minimum Gasteiger partial charge on any atom is -0.321 e. The first-order valence-electron chi connectivity index (χ1n) is 7.14. The minimum atomic E-state index is -4.49. The van der Waals surface area contributed by atoms with Gasteiger partial charge >= 0.3 is 6.18 Å². The molecular weight excluding hydrogens is 327 g/mol. The van der Waals surface area contributed by atoms with Crippen LogP contribution in [0.3, 0.4) is 0 Å². The van der Waals surface area contributed by atoms with Gasteiger partial charge in [-0.1, -0.05) is 17.7 Å². The summed E-state index contributed by atoms with van der Waals surface area (Å²) in [6.45, 7) is 0. The van der Waals surface area contributed by atoms with Crippen molar-refractivity contribution >= 4 is 23.2 Å². The zero-order valence-corrected chi connectivity index (χ0v) is 12.8. The first-order valence-corrected chi connectivity index (χ1v) is 7.52. The summed E-state index contributed by atoms with van der Waals surface area (Å²) in [4.78, 5) is 12.3. The van der Waals surface area contributed by atoms with Crippen molar-refractivity contribution in [2.45, 2.75) is 25.4 Å². The number of carbonyl (C=O) groups excluding carboxylic acids is 1. The maximum absolute atomic E-state index is 12.8. The molecule has 0 aliphatic heterocycles. The molecule has 120 valence electrons. The highest BCUT2D eigenvalue weighted by Gasteiger charge is 2.31. The molecule has 0 saturated heterocycles. The molecule has 3 rings (SSSR count). The van der Waals surface area contributed by atoms with E-state index in [1.54, 1.807) is 12.1 Å². The zero-order valence-electron chi connectivity index (χ0n) is 12.0. The zero-order chi connectivity index (χ0) is 16.6. The van der Waals surface area contributed by atoms with E-state index >= 15 is 0 Å². The van der Waals surface area contributed by atoms with Gasteiger partial charge in [0.2, 0.25) is 0 Å². The van der Waals surface area contributed by atoms with Crippen LogP contribution in [0.5, 0.6) is 0 Å². The quantitative estimate of drug-likeness (QED) is 0.810. The van der Waals surface area contributed by atoms with E-state index in [2.05, 4.69) is 5.32 Å². The molecule has 1 N–H and O–H groups in total. The number of carbonyl (C=O) groups is 1. The summed E-state index contributed by atoms with van der Waals surface area (Å²) in [6.07, 6.45) is -1.52. The molecule has 0 aromatic heterocycles. The second-order valence-corrected chi connectivity index (χ2v) is 5.89. The van der Waals surface area contributed by atoms with Crippen LogP contribution in [0.25, 0.3) is 0 Å². The van der Waals surface area contributed by atoms with Crippen LogP contribution in [0.2, 0.25) is 5.02 Å². The predicted molar refractivity (Wildman–Crippen MR) is 82.9 cm³/mol. The number of nitrogens with one attached hydrogen (secondary N) is 1. The summed E-state index contributed by atoms with van der Waals surface area (Å²) >= 11 is 5.89. The molecular formula is C17H13ClF3NO. The van der Waals surface area contributed by atoms with Crippen LogP contribution in [0.15, 0.2) is 36.4 Å². The average Bonchev–Trinajstić information content (AvgIpc) is 2.95. The lowest BCUT2D eigenvalue weighted by atomic mass is 10.1. The van der Waals surface area contributed by atoms with E-state index in [0.29, 0.717) is 5.56 Å². The molecule has 0 atom stereocenters. The van der Waals surface area contributed by atoms with Gasteiger partial charge in [0.25, 0.3) is 5.91 Å². The predicted octanol–water partition coefficient (Wildman–Crippen LogP) is 5.10. The average molecular weight is 340 g/mol. The number of hydrogen-bond acceptors (Lipinski definition) is 1. The van der Waals surface area contributed by atoms with Gasteiger partial charge in [0, 0.05) is 5.56 Å². The molecule has 0 bridgehead atoms. The van der Waals surface area contributed by atoms with E-state index in [-0.39, 0.29) is 10.7 Å². The van der Waals surface area contributed by atoms with Crippen molar-refractivity contribution < 1.29 is 18.0 Å². The van der Waals surface area contributed by atoms with Gasteiger partial charge in [0.1, 0.15) is 0 Å². The Morgan fingerprint density at radius 1 is 1.04 bits per heavy atom. The third-order valence-electron chi connectivity index (χ3n) is 3.90. The standard InChI is InChI=1S/C17H13ClF3NO/c18-14-7-6-13(17(19,20)21)9-15(14)22-16(23)12-5-4-10-2-1-3-11(10)8-12/h4-9H,1-3H2,(H,22,23). The SMILES string of the molecule is O=C(Nc1cc(C(F)(F)F)ccc1Cl)c1ccc2c(c1)CCC2. The molecule has 0 spiro atoms. The Kier molecular flexibility index (Phi) is 4.06. The fourth-order valence-corrected chi connectivity index (χ4v) is 2.87. The van der Waals surface area contributed by atoms with Gasteiger partial charge in [-0.25, -0.2) is 0 Å². The third-order valence-corrected chi connectivity index (χ3v) is 4.23. The number of rotatable bonds is 2. The van der Waals surface area contributed by atoms with Crippen molar-refractivity contribution in [2.24, 2.45) is 0 Å². The fourth-order valence-electron chi connectivity index (χ4n) is 2.70. The van der Waals surface area contributed by atoms with Gasteiger partial charge in [0.05, 0.1) is 16.3 Å².